The number of rotatable bonds is 11. The van der Waals surface area contributed by atoms with Gasteiger partial charge in [-0.3, -0.25) is 4.57 Å². The van der Waals surface area contributed by atoms with E-state index < -0.39 is 6.72 Å². The van der Waals surface area contributed by atoms with Crippen LogP contribution in [0.2, 0.25) is 0 Å². The summed E-state index contributed by atoms with van der Waals surface area (Å²) in [5.41, 5.74) is 0. The van der Waals surface area contributed by atoms with Gasteiger partial charge in [0, 0.05) is 6.16 Å². The van der Waals surface area contributed by atoms with Crippen LogP contribution in [0.15, 0.2) is 0 Å². The summed E-state index contributed by atoms with van der Waals surface area (Å²) >= 11 is 5.75. The molecule has 0 spiro atoms. The van der Waals surface area contributed by atoms with E-state index in [1.54, 1.807) is 0 Å². The number of unbranched alkanes of at least 4 members (excludes halogenated alkanes) is 7. The second-order valence-electron chi connectivity index (χ2n) is 4.21. The lowest BCUT2D eigenvalue weighted by Crippen LogP contribution is -1.90. The van der Waals surface area contributed by atoms with E-state index in [-0.39, 0.29) is 0 Å². The Morgan fingerprint density at radius 1 is 0.938 bits per heavy atom. The minimum atomic E-state index is -2.79. The molecule has 0 aliphatic rings. The van der Waals surface area contributed by atoms with Crippen LogP contribution < -0.4 is 0 Å². The van der Waals surface area contributed by atoms with Gasteiger partial charge in [0.05, 0.1) is 6.61 Å². The molecule has 16 heavy (non-hydrogen) atoms. The lowest BCUT2D eigenvalue weighted by atomic mass is 10.1. The van der Waals surface area contributed by atoms with Crippen molar-refractivity contribution in [2.75, 3.05) is 12.8 Å². The van der Waals surface area contributed by atoms with Gasteiger partial charge < -0.3 is 4.52 Å². The summed E-state index contributed by atoms with van der Waals surface area (Å²) in [7, 11) is 0. The molecule has 2 nitrogen and oxygen atoms in total. The highest BCUT2D eigenvalue weighted by Gasteiger charge is 2.17. The van der Waals surface area contributed by atoms with E-state index in [0.717, 1.165) is 12.8 Å². The fourth-order valence-corrected chi connectivity index (χ4v) is 3.46. The molecule has 0 bridgehead atoms. The smallest absolute Gasteiger partial charge is 0.290 e. The SMILES string of the molecule is CCCCCCCCCCP(=O)(Cl)OCC. The van der Waals surface area contributed by atoms with Gasteiger partial charge in [-0.25, -0.2) is 0 Å². The predicted octanol–water partition coefficient (Wildman–Crippen LogP) is 5.60. The molecule has 0 radical (unpaired) electrons. The van der Waals surface area contributed by atoms with Gasteiger partial charge in [0.2, 0.25) is 0 Å². The molecule has 1 atom stereocenters. The monoisotopic (exact) mass is 268 g/mol. The van der Waals surface area contributed by atoms with Crippen LogP contribution in [-0.4, -0.2) is 12.8 Å². The van der Waals surface area contributed by atoms with Crippen molar-refractivity contribution in [3.05, 3.63) is 0 Å². The molecule has 0 heterocycles. The Morgan fingerprint density at radius 2 is 1.44 bits per heavy atom. The van der Waals surface area contributed by atoms with E-state index in [4.69, 9.17) is 15.8 Å². The maximum atomic E-state index is 11.5. The minimum absolute atomic E-state index is 0.442. The third-order valence-corrected chi connectivity index (χ3v) is 4.89. The van der Waals surface area contributed by atoms with Crippen LogP contribution in [0.4, 0.5) is 0 Å². The van der Waals surface area contributed by atoms with E-state index in [0.29, 0.717) is 12.8 Å². The second kappa shape index (κ2) is 10.6. The van der Waals surface area contributed by atoms with Crippen LogP contribution in [-0.2, 0) is 9.09 Å². The van der Waals surface area contributed by atoms with Crippen molar-refractivity contribution in [1.82, 2.24) is 0 Å². The van der Waals surface area contributed by atoms with Crippen LogP contribution in [0.3, 0.4) is 0 Å². The molecule has 0 aliphatic carbocycles. The first-order chi connectivity index (χ1) is 7.62. The lowest BCUT2D eigenvalue weighted by molar-refractivity contribution is 0.344. The van der Waals surface area contributed by atoms with Gasteiger partial charge in [-0.05, 0) is 24.6 Å². The Kier molecular flexibility index (Phi) is 10.9. The molecule has 0 aliphatic heterocycles. The van der Waals surface area contributed by atoms with Crippen LogP contribution in [0, 0.1) is 0 Å². The average Bonchev–Trinajstić information content (AvgIpc) is 2.22. The summed E-state index contributed by atoms with van der Waals surface area (Å²) in [6, 6.07) is 0. The zero-order chi connectivity index (χ0) is 12.3. The van der Waals surface area contributed by atoms with Gasteiger partial charge >= 0.3 is 0 Å². The molecule has 0 rings (SSSR count). The van der Waals surface area contributed by atoms with Crippen molar-refractivity contribution >= 4 is 18.0 Å². The maximum Gasteiger partial charge on any atom is 0.290 e. The Morgan fingerprint density at radius 3 is 1.94 bits per heavy atom. The van der Waals surface area contributed by atoms with Crippen molar-refractivity contribution in [2.24, 2.45) is 0 Å². The molecule has 0 aromatic rings. The highest BCUT2D eigenvalue weighted by Crippen LogP contribution is 2.52. The van der Waals surface area contributed by atoms with Crippen molar-refractivity contribution in [2.45, 2.75) is 65.2 Å². The Balaban J connectivity index is 3.23. The largest absolute Gasteiger partial charge is 0.318 e. The molecule has 4 heteroatoms. The van der Waals surface area contributed by atoms with Crippen molar-refractivity contribution in [3.8, 4) is 0 Å². The summed E-state index contributed by atoms with van der Waals surface area (Å²) in [4.78, 5) is 0. The van der Waals surface area contributed by atoms with Gasteiger partial charge in [0.25, 0.3) is 6.72 Å². The predicted molar refractivity (Wildman–Crippen MR) is 72.6 cm³/mol. The van der Waals surface area contributed by atoms with Gasteiger partial charge in [-0.1, -0.05) is 51.9 Å². The summed E-state index contributed by atoms with van der Waals surface area (Å²) in [5.74, 6) is 0. The van der Waals surface area contributed by atoms with Gasteiger partial charge in [-0.2, -0.15) is 0 Å². The first-order valence-corrected chi connectivity index (χ1v) is 9.27. The molecular weight excluding hydrogens is 243 g/mol. The fourth-order valence-electron chi connectivity index (χ4n) is 1.69. The van der Waals surface area contributed by atoms with Crippen LogP contribution in [0.25, 0.3) is 0 Å². The zero-order valence-corrected chi connectivity index (χ0v) is 12.4. The Labute approximate surface area is 105 Å². The normalized spacial score (nSPS) is 14.9. The number of hydrogen-bond donors (Lipinski definition) is 0. The topological polar surface area (TPSA) is 26.3 Å². The maximum absolute atomic E-state index is 11.5. The summed E-state index contributed by atoms with van der Waals surface area (Å²) < 4.78 is 16.5. The first-order valence-electron chi connectivity index (χ1n) is 6.55. The van der Waals surface area contributed by atoms with Gasteiger partial charge in [-0.15, -0.1) is 0 Å². The Bertz CT molecular complexity index is 197. The minimum Gasteiger partial charge on any atom is -0.318 e. The lowest BCUT2D eigenvalue weighted by Gasteiger charge is -2.09. The van der Waals surface area contributed by atoms with Crippen LogP contribution >= 0.6 is 18.0 Å². The number of hydrogen-bond acceptors (Lipinski definition) is 2. The Hall–Kier alpha value is 0.480. The molecule has 0 fully saturated rings. The molecule has 98 valence electrons. The van der Waals surface area contributed by atoms with Gasteiger partial charge in [0.15, 0.2) is 0 Å². The fraction of sp³-hybridized carbons (Fsp3) is 1.00. The van der Waals surface area contributed by atoms with E-state index in [2.05, 4.69) is 6.92 Å². The van der Waals surface area contributed by atoms with Crippen LogP contribution in [0.5, 0.6) is 0 Å². The van der Waals surface area contributed by atoms with Crippen LogP contribution in [0.1, 0.15) is 65.2 Å². The molecule has 0 aromatic carbocycles. The molecule has 1 unspecified atom stereocenters. The quantitative estimate of drug-likeness (QED) is 0.360. The highest BCUT2D eigenvalue weighted by molar-refractivity contribution is 7.85. The number of halogens is 1. The molecular formula is C12H26ClO2P. The zero-order valence-electron chi connectivity index (χ0n) is 10.7. The third-order valence-electron chi connectivity index (χ3n) is 2.60. The second-order valence-corrected chi connectivity index (χ2v) is 7.64. The third kappa shape index (κ3) is 11.0. The van der Waals surface area contributed by atoms with Crippen molar-refractivity contribution in [1.29, 1.82) is 0 Å². The highest BCUT2D eigenvalue weighted by atomic mass is 35.7. The molecule has 0 saturated carbocycles. The molecule has 0 saturated heterocycles. The average molecular weight is 269 g/mol. The van der Waals surface area contributed by atoms with E-state index in [1.807, 2.05) is 6.92 Å². The molecule has 0 aromatic heterocycles. The van der Waals surface area contributed by atoms with E-state index in [1.165, 1.54) is 38.5 Å². The molecule has 0 amide bonds. The van der Waals surface area contributed by atoms with E-state index >= 15 is 0 Å². The summed E-state index contributed by atoms with van der Waals surface area (Å²) in [5, 5.41) is 0. The van der Waals surface area contributed by atoms with E-state index in [9.17, 15) is 4.57 Å². The van der Waals surface area contributed by atoms with Gasteiger partial charge in [0.1, 0.15) is 0 Å². The molecule has 0 N–H and O–H groups in total. The standard InChI is InChI=1S/C12H26ClO2P/c1-3-5-6-7-8-9-10-11-12-16(13,14)15-4-2/h3-12H2,1-2H3. The van der Waals surface area contributed by atoms with Crippen molar-refractivity contribution < 1.29 is 9.09 Å². The summed E-state index contributed by atoms with van der Waals surface area (Å²) in [6.07, 6.45) is 10.4. The van der Waals surface area contributed by atoms with Crippen molar-refractivity contribution in [3.63, 3.8) is 0 Å². The summed E-state index contributed by atoms with van der Waals surface area (Å²) in [6.45, 7) is 1.71. The first kappa shape index (κ1) is 16.5.